The van der Waals surface area contributed by atoms with Gasteiger partial charge in [-0.1, -0.05) is 6.42 Å². The second-order valence-electron chi connectivity index (χ2n) is 6.45. The first-order valence-electron chi connectivity index (χ1n) is 8.55. The van der Waals surface area contributed by atoms with Crippen LogP contribution >= 0.6 is 11.3 Å². The van der Waals surface area contributed by atoms with Gasteiger partial charge in [-0.15, -0.1) is 11.3 Å². The molecule has 3 heterocycles. The third kappa shape index (κ3) is 3.80. The van der Waals surface area contributed by atoms with Crippen molar-refractivity contribution in [3.63, 3.8) is 0 Å². The van der Waals surface area contributed by atoms with Crippen molar-refractivity contribution in [2.45, 2.75) is 37.1 Å². The molecule has 0 aliphatic carbocycles. The summed E-state index contributed by atoms with van der Waals surface area (Å²) in [6.45, 7) is 3.58. The number of benzene rings is 1. The minimum Gasteiger partial charge on any atom is -0.493 e. The molecule has 2 aliphatic rings. The zero-order valence-corrected chi connectivity index (χ0v) is 15.5. The van der Waals surface area contributed by atoms with E-state index in [-0.39, 0.29) is 4.90 Å². The molecule has 6 nitrogen and oxygen atoms in total. The largest absolute Gasteiger partial charge is 0.493 e. The molecule has 2 aliphatic heterocycles. The fraction of sp³-hybridized carbons (Fsp3) is 0.471. The highest BCUT2D eigenvalue weighted by Gasteiger charge is 2.21. The predicted molar refractivity (Wildman–Crippen MR) is 97.7 cm³/mol. The summed E-state index contributed by atoms with van der Waals surface area (Å²) in [6.07, 6.45) is 4.50. The summed E-state index contributed by atoms with van der Waals surface area (Å²) < 4.78 is 33.2. The van der Waals surface area contributed by atoms with E-state index in [9.17, 15) is 8.42 Å². The monoisotopic (exact) mass is 379 g/mol. The lowest BCUT2D eigenvalue weighted by Gasteiger charge is -2.25. The molecule has 4 rings (SSSR count). The molecule has 1 fully saturated rings. The van der Waals surface area contributed by atoms with E-state index >= 15 is 0 Å². The number of anilines is 1. The van der Waals surface area contributed by atoms with Gasteiger partial charge in [-0.05, 0) is 49.7 Å². The highest BCUT2D eigenvalue weighted by Crippen LogP contribution is 2.29. The Labute approximate surface area is 151 Å². The van der Waals surface area contributed by atoms with Gasteiger partial charge in [0.25, 0.3) is 10.0 Å². The van der Waals surface area contributed by atoms with Gasteiger partial charge in [0.15, 0.2) is 5.13 Å². The molecular formula is C17H21N3O3S2. The van der Waals surface area contributed by atoms with Crippen LogP contribution < -0.4 is 9.46 Å². The summed E-state index contributed by atoms with van der Waals surface area (Å²) in [4.78, 5) is 7.08. The average Bonchev–Trinajstić information content (AvgIpc) is 3.24. The van der Waals surface area contributed by atoms with Crippen molar-refractivity contribution < 1.29 is 13.2 Å². The summed E-state index contributed by atoms with van der Waals surface area (Å²) >= 11 is 1.33. The number of nitrogens with one attached hydrogen (secondary N) is 1. The molecule has 0 saturated carbocycles. The molecule has 1 aromatic heterocycles. The molecule has 8 heteroatoms. The summed E-state index contributed by atoms with van der Waals surface area (Å²) in [5, 5.41) is 2.35. The number of aromatic nitrogens is 1. The van der Waals surface area contributed by atoms with Crippen molar-refractivity contribution in [1.29, 1.82) is 0 Å². The van der Waals surface area contributed by atoms with E-state index in [0.717, 1.165) is 43.1 Å². The average molecular weight is 380 g/mol. The van der Waals surface area contributed by atoms with Crippen molar-refractivity contribution >= 4 is 26.5 Å². The number of hydrogen-bond acceptors (Lipinski definition) is 6. The van der Waals surface area contributed by atoms with E-state index in [1.807, 2.05) is 5.38 Å². The molecule has 0 bridgehead atoms. The summed E-state index contributed by atoms with van der Waals surface area (Å²) in [5.74, 6) is 0.775. The summed E-state index contributed by atoms with van der Waals surface area (Å²) in [7, 11) is -3.63. The van der Waals surface area contributed by atoms with Crippen LogP contribution in [0, 0.1) is 0 Å². The molecular weight excluding hydrogens is 358 g/mol. The van der Waals surface area contributed by atoms with Crippen LogP contribution in [0.4, 0.5) is 5.13 Å². The number of ether oxygens (including phenoxy) is 1. The van der Waals surface area contributed by atoms with Gasteiger partial charge in [0.05, 0.1) is 17.2 Å². The Morgan fingerprint density at radius 3 is 2.92 bits per heavy atom. The van der Waals surface area contributed by atoms with Crippen molar-refractivity contribution in [3.8, 4) is 5.75 Å². The third-order valence-corrected chi connectivity index (χ3v) is 6.85. The van der Waals surface area contributed by atoms with E-state index in [2.05, 4.69) is 14.6 Å². The van der Waals surface area contributed by atoms with E-state index in [1.54, 1.807) is 18.2 Å². The van der Waals surface area contributed by atoms with E-state index in [1.165, 1.54) is 30.6 Å². The first kappa shape index (κ1) is 16.8. The van der Waals surface area contributed by atoms with Crippen molar-refractivity contribution in [3.05, 3.63) is 34.8 Å². The second kappa shape index (κ2) is 6.93. The SMILES string of the molecule is O=S(=O)(Nc1nc(CN2CCCCC2)cs1)c1ccc2c(c1)CCO2. The van der Waals surface area contributed by atoms with Gasteiger partial charge in [0, 0.05) is 18.3 Å². The summed E-state index contributed by atoms with van der Waals surface area (Å²) in [6, 6.07) is 4.99. The van der Waals surface area contributed by atoms with Crippen molar-refractivity contribution in [2.75, 3.05) is 24.4 Å². The number of fused-ring (bicyclic) bond motifs is 1. The Morgan fingerprint density at radius 2 is 2.08 bits per heavy atom. The first-order valence-corrected chi connectivity index (χ1v) is 10.9. The standard InChI is InChI=1S/C17H21N3O3S2/c21-25(22,15-4-5-16-13(10-15)6-9-23-16)19-17-18-14(12-24-17)11-20-7-2-1-3-8-20/h4-5,10,12H,1-3,6-9,11H2,(H,18,19). The fourth-order valence-electron chi connectivity index (χ4n) is 3.28. The van der Waals surface area contributed by atoms with Gasteiger partial charge in [-0.2, -0.15) is 0 Å². The fourth-order valence-corrected chi connectivity index (χ4v) is 5.28. The lowest BCUT2D eigenvalue weighted by molar-refractivity contribution is 0.219. The van der Waals surface area contributed by atoms with Crippen molar-refractivity contribution in [1.82, 2.24) is 9.88 Å². The van der Waals surface area contributed by atoms with E-state index in [4.69, 9.17) is 4.74 Å². The Kier molecular flexibility index (Phi) is 4.66. The van der Waals surface area contributed by atoms with E-state index in [0.29, 0.717) is 11.7 Å². The van der Waals surface area contributed by atoms with Crippen LogP contribution in [-0.2, 0) is 23.0 Å². The van der Waals surface area contributed by atoms with Crippen LogP contribution in [-0.4, -0.2) is 38.0 Å². The molecule has 0 unspecified atom stereocenters. The van der Waals surface area contributed by atoms with Gasteiger partial charge in [-0.25, -0.2) is 13.4 Å². The quantitative estimate of drug-likeness (QED) is 0.865. The van der Waals surface area contributed by atoms with Crippen LogP contribution in [0.25, 0.3) is 0 Å². The number of piperidine rings is 1. The number of thiazole rings is 1. The molecule has 0 atom stereocenters. The predicted octanol–water partition coefficient (Wildman–Crippen LogP) is 2.86. The van der Waals surface area contributed by atoms with Crippen LogP contribution in [0.15, 0.2) is 28.5 Å². The first-order chi connectivity index (χ1) is 12.1. The Hall–Kier alpha value is -1.64. The molecule has 1 saturated heterocycles. The Balaban J connectivity index is 1.46. The normalized spacial score (nSPS) is 17.9. The highest BCUT2D eigenvalue weighted by molar-refractivity contribution is 7.93. The third-order valence-electron chi connectivity index (χ3n) is 4.58. The highest BCUT2D eigenvalue weighted by atomic mass is 32.2. The topological polar surface area (TPSA) is 71.5 Å². The van der Waals surface area contributed by atoms with Crippen LogP contribution in [0.3, 0.4) is 0 Å². The maximum Gasteiger partial charge on any atom is 0.263 e. The zero-order valence-electron chi connectivity index (χ0n) is 13.9. The number of likely N-dealkylation sites (tertiary alicyclic amines) is 1. The van der Waals surface area contributed by atoms with Crippen LogP contribution in [0.2, 0.25) is 0 Å². The van der Waals surface area contributed by atoms with Crippen LogP contribution in [0.5, 0.6) is 5.75 Å². The van der Waals surface area contributed by atoms with Crippen molar-refractivity contribution in [2.24, 2.45) is 0 Å². The minimum absolute atomic E-state index is 0.254. The molecule has 0 spiro atoms. The maximum atomic E-state index is 12.6. The maximum absolute atomic E-state index is 12.6. The summed E-state index contributed by atoms with van der Waals surface area (Å²) in [5.41, 5.74) is 1.86. The molecule has 0 radical (unpaired) electrons. The molecule has 134 valence electrons. The van der Waals surface area contributed by atoms with Gasteiger partial charge in [-0.3, -0.25) is 9.62 Å². The van der Waals surface area contributed by atoms with Crippen LogP contribution in [0.1, 0.15) is 30.5 Å². The molecule has 0 amide bonds. The van der Waals surface area contributed by atoms with Gasteiger partial charge in [0.1, 0.15) is 5.75 Å². The Morgan fingerprint density at radius 1 is 1.24 bits per heavy atom. The second-order valence-corrected chi connectivity index (χ2v) is 8.99. The smallest absolute Gasteiger partial charge is 0.263 e. The number of hydrogen-bond donors (Lipinski definition) is 1. The number of nitrogens with zero attached hydrogens (tertiary/aromatic N) is 2. The molecule has 1 N–H and O–H groups in total. The van der Waals surface area contributed by atoms with E-state index < -0.39 is 10.0 Å². The molecule has 2 aromatic rings. The minimum atomic E-state index is -3.63. The Bertz CT molecular complexity index is 858. The van der Waals surface area contributed by atoms with Gasteiger partial charge < -0.3 is 4.74 Å². The zero-order chi connectivity index (χ0) is 17.3. The number of rotatable bonds is 5. The lowest BCUT2D eigenvalue weighted by Crippen LogP contribution is -2.29. The van der Waals surface area contributed by atoms with Gasteiger partial charge in [0.2, 0.25) is 0 Å². The number of sulfonamides is 1. The molecule has 25 heavy (non-hydrogen) atoms. The van der Waals surface area contributed by atoms with Gasteiger partial charge >= 0.3 is 0 Å². The lowest BCUT2D eigenvalue weighted by atomic mass is 10.1. The molecule has 1 aromatic carbocycles.